The lowest BCUT2D eigenvalue weighted by Crippen LogP contribution is -2.42. The number of ether oxygens (including phenoxy) is 1. The molecule has 1 aromatic carbocycles. The number of halogens is 1. The van der Waals surface area contributed by atoms with Crippen molar-refractivity contribution < 1.29 is 4.74 Å². The van der Waals surface area contributed by atoms with Crippen molar-refractivity contribution in [1.29, 1.82) is 0 Å². The molecule has 0 bridgehead atoms. The topological polar surface area (TPSA) is 33.3 Å². The number of hydrogen-bond acceptors (Lipinski definition) is 2. The zero-order valence-electron chi connectivity index (χ0n) is 11.2. The van der Waals surface area contributed by atoms with Crippen LogP contribution in [0.2, 0.25) is 5.02 Å². The Bertz CT molecular complexity index is 461. The Balaban J connectivity index is 1.91. The molecule has 0 unspecified atom stereocenters. The first-order valence-electron chi connectivity index (χ1n) is 6.52. The molecule has 0 aliphatic carbocycles. The Hall–Kier alpha value is -0.840. The summed E-state index contributed by atoms with van der Waals surface area (Å²) in [4.78, 5) is 0. The summed E-state index contributed by atoms with van der Waals surface area (Å²) in [6.07, 6.45) is 2.47. The quantitative estimate of drug-likeness (QED) is 0.837. The fourth-order valence-electron chi connectivity index (χ4n) is 2.20. The number of nitrogens with one attached hydrogen (secondary N) is 2. The number of rotatable bonds is 3. The lowest BCUT2D eigenvalue weighted by molar-refractivity contribution is 0.0895. The Kier molecular flexibility index (Phi) is 5.02. The largest absolute Gasteiger partial charge is 0.376 e. The molecular weight excluding hydrogens is 280 g/mol. The van der Waals surface area contributed by atoms with E-state index in [1.54, 1.807) is 0 Å². The molecule has 0 amide bonds. The smallest absolute Gasteiger partial charge is 0.171 e. The average Bonchev–Trinajstić information content (AvgIpc) is 2.88. The van der Waals surface area contributed by atoms with Gasteiger partial charge in [-0.05, 0) is 56.6 Å². The van der Waals surface area contributed by atoms with Gasteiger partial charge in [0.15, 0.2) is 5.11 Å². The van der Waals surface area contributed by atoms with Gasteiger partial charge in [0.2, 0.25) is 0 Å². The fourth-order valence-corrected chi connectivity index (χ4v) is 2.67. The Morgan fingerprint density at radius 3 is 3.00 bits per heavy atom. The van der Waals surface area contributed by atoms with Crippen LogP contribution >= 0.6 is 23.8 Å². The monoisotopic (exact) mass is 298 g/mol. The molecular formula is C14H19ClN2OS. The van der Waals surface area contributed by atoms with Gasteiger partial charge in [0.25, 0.3) is 0 Å². The van der Waals surface area contributed by atoms with E-state index in [2.05, 4.69) is 17.6 Å². The average molecular weight is 299 g/mol. The van der Waals surface area contributed by atoms with Crippen LogP contribution in [-0.4, -0.2) is 23.9 Å². The van der Waals surface area contributed by atoms with Crippen molar-refractivity contribution in [2.75, 3.05) is 11.9 Å². The van der Waals surface area contributed by atoms with Gasteiger partial charge >= 0.3 is 0 Å². The summed E-state index contributed by atoms with van der Waals surface area (Å²) in [6, 6.07) is 5.95. The van der Waals surface area contributed by atoms with E-state index in [4.69, 9.17) is 28.6 Å². The summed E-state index contributed by atoms with van der Waals surface area (Å²) in [5.74, 6) is 0. The zero-order valence-corrected chi connectivity index (χ0v) is 12.8. The van der Waals surface area contributed by atoms with Crippen LogP contribution in [0.3, 0.4) is 0 Å². The first-order valence-corrected chi connectivity index (χ1v) is 7.31. The van der Waals surface area contributed by atoms with Crippen molar-refractivity contribution in [1.82, 2.24) is 5.32 Å². The molecule has 2 N–H and O–H groups in total. The van der Waals surface area contributed by atoms with E-state index < -0.39 is 0 Å². The van der Waals surface area contributed by atoms with Crippen molar-refractivity contribution >= 4 is 34.6 Å². The molecule has 1 aliphatic rings. The molecule has 1 heterocycles. The third-order valence-electron chi connectivity index (χ3n) is 3.40. The molecule has 1 saturated heterocycles. The van der Waals surface area contributed by atoms with Gasteiger partial charge in [0.1, 0.15) is 0 Å². The van der Waals surface area contributed by atoms with Gasteiger partial charge < -0.3 is 15.4 Å². The van der Waals surface area contributed by atoms with Gasteiger partial charge in [-0.1, -0.05) is 17.7 Å². The molecule has 2 atom stereocenters. The maximum atomic E-state index is 6.08. The predicted molar refractivity (Wildman–Crippen MR) is 84.0 cm³/mol. The lowest BCUT2D eigenvalue weighted by atomic mass is 10.1. The molecule has 3 nitrogen and oxygen atoms in total. The molecule has 0 spiro atoms. The van der Waals surface area contributed by atoms with Crippen molar-refractivity contribution in [2.24, 2.45) is 0 Å². The van der Waals surface area contributed by atoms with E-state index in [1.807, 2.05) is 25.1 Å². The van der Waals surface area contributed by atoms with E-state index in [9.17, 15) is 0 Å². The maximum absolute atomic E-state index is 6.08. The molecule has 1 aromatic rings. The molecule has 1 fully saturated rings. The number of hydrogen-bond donors (Lipinski definition) is 2. The molecule has 104 valence electrons. The third kappa shape index (κ3) is 3.81. The van der Waals surface area contributed by atoms with Crippen molar-refractivity contribution in [3.05, 3.63) is 28.8 Å². The molecule has 0 saturated carbocycles. The van der Waals surface area contributed by atoms with Gasteiger partial charge in [0, 0.05) is 17.3 Å². The summed E-state index contributed by atoms with van der Waals surface area (Å²) in [5, 5.41) is 7.80. The minimum Gasteiger partial charge on any atom is -0.376 e. The first-order chi connectivity index (χ1) is 9.08. The van der Waals surface area contributed by atoms with Crippen LogP contribution in [0.5, 0.6) is 0 Å². The Labute approximate surface area is 124 Å². The van der Waals surface area contributed by atoms with Crippen molar-refractivity contribution in [3.8, 4) is 0 Å². The number of benzene rings is 1. The fraction of sp³-hybridized carbons (Fsp3) is 0.500. The van der Waals surface area contributed by atoms with Gasteiger partial charge in [-0.3, -0.25) is 0 Å². The van der Waals surface area contributed by atoms with E-state index >= 15 is 0 Å². The van der Waals surface area contributed by atoms with E-state index in [0.717, 1.165) is 35.7 Å². The Morgan fingerprint density at radius 1 is 1.53 bits per heavy atom. The maximum Gasteiger partial charge on any atom is 0.171 e. The van der Waals surface area contributed by atoms with Crippen LogP contribution in [0.4, 0.5) is 5.69 Å². The summed E-state index contributed by atoms with van der Waals surface area (Å²) >= 11 is 11.4. The van der Waals surface area contributed by atoms with E-state index in [0.29, 0.717) is 5.11 Å². The normalized spacial score (nSPS) is 20.1. The highest BCUT2D eigenvalue weighted by molar-refractivity contribution is 7.80. The SMILES string of the molecule is Cc1c(Cl)cccc1NC(=S)N[C@@H](C)[C@@H]1CCCO1. The summed E-state index contributed by atoms with van der Waals surface area (Å²) < 4.78 is 5.64. The third-order valence-corrected chi connectivity index (χ3v) is 4.03. The number of thiocarbonyl (C=S) groups is 1. The van der Waals surface area contributed by atoms with Crippen LogP contribution in [0.15, 0.2) is 18.2 Å². The minimum absolute atomic E-state index is 0.210. The summed E-state index contributed by atoms with van der Waals surface area (Å²) in [6.45, 7) is 4.91. The van der Waals surface area contributed by atoms with Crippen molar-refractivity contribution in [2.45, 2.75) is 38.8 Å². The van der Waals surface area contributed by atoms with Gasteiger partial charge in [-0.2, -0.15) is 0 Å². The van der Waals surface area contributed by atoms with Crippen LogP contribution in [-0.2, 0) is 4.74 Å². The minimum atomic E-state index is 0.210. The van der Waals surface area contributed by atoms with E-state index in [1.165, 1.54) is 0 Å². The molecule has 19 heavy (non-hydrogen) atoms. The highest BCUT2D eigenvalue weighted by Gasteiger charge is 2.22. The zero-order chi connectivity index (χ0) is 13.8. The Morgan fingerprint density at radius 2 is 2.32 bits per heavy atom. The van der Waals surface area contributed by atoms with Crippen LogP contribution in [0.1, 0.15) is 25.3 Å². The van der Waals surface area contributed by atoms with Gasteiger partial charge in [-0.25, -0.2) is 0 Å². The molecule has 0 aromatic heterocycles. The van der Waals surface area contributed by atoms with Crippen LogP contribution in [0, 0.1) is 6.92 Å². The second-order valence-corrected chi connectivity index (χ2v) is 5.67. The highest BCUT2D eigenvalue weighted by Crippen LogP contribution is 2.23. The van der Waals surface area contributed by atoms with E-state index in [-0.39, 0.29) is 12.1 Å². The van der Waals surface area contributed by atoms with Gasteiger partial charge in [-0.15, -0.1) is 0 Å². The molecule has 1 aliphatic heterocycles. The van der Waals surface area contributed by atoms with Crippen LogP contribution < -0.4 is 10.6 Å². The van der Waals surface area contributed by atoms with Gasteiger partial charge in [0.05, 0.1) is 12.1 Å². The van der Waals surface area contributed by atoms with Crippen molar-refractivity contribution in [3.63, 3.8) is 0 Å². The molecule has 2 rings (SSSR count). The molecule has 0 radical (unpaired) electrons. The second kappa shape index (κ2) is 6.55. The predicted octanol–water partition coefficient (Wildman–Crippen LogP) is 3.50. The first kappa shape index (κ1) is 14.6. The summed E-state index contributed by atoms with van der Waals surface area (Å²) in [5.41, 5.74) is 1.93. The standard InChI is InChI=1S/C14H19ClN2OS/c1-9-11(15)5-3-6-12(9)17-14(19)16-10(2)13-7-4-8-18-13/h3,5-6,10,13H,4,7-8H2,1-2H3,(H2,16,17,19)/t10-,13-/m0/s1. The summed E-state index contributed by atoms with van der Waals surface area (Å²) in [7, 11) is 0. The highest BCUT2D eigenvalue weighted by atomic mass is 35.5. The van der Waals surface area contributed by atoms with Crippen LogP contribution in [0.25, 0.3) is 0 Å². The molecule has 5 heteroatoms. The number of anilines is 1. The second-order valence-electron chi connectivity index (χ2n) is 4.85. The lowest BCUT2D eigenvalue weighted by Gasteiger charge is -2.22.